The lowest BCUT2D eigenvalue weighted by Crippen LogP contribution is -2.34. The van der Waals surface area contributed by atoms with Crippen LogP contribution in [0.2, 0.25) is 0 Å². The number of rotatable bonds is 6. The Morgan fingerprint density at radius 1 is 1.50 bits per heavy atom. The van der Waals surface area contributed by atoms with E-state index in [4.69, 9.17) is 5.53 Å². The van der Waals surface area contributed by atoms with Gasteiger partial charge >= 0.3 is 0 Å². The number of azide groups is 1. The molecular formula is C8H18N4. The molecular weight excluding hydrogens is 152 g/mol. The van der Waals surface area contributed by atoms with Crippen molar-refractivity contribution in [3.63, 3.8) is 0 Å². The predicted molar refractivity (Wildman–Crippen MR) is 51.0 cm³/mol. The summed E-state index contributed by atoms with van der Waals surface area (Å²) in [5, 5.41) is 3.52. The molecule has 1 unspecified atom stereocenters. The van der Waals surface area contributed by atoms with Gasteiger partial charge in [0.05, 0.1) is 0 Å². The van der Waals surface area contributed by atoms with Gasteiger partial charge < -0.3 is 4.90 Å². The van der Waals surface area contributed by atoms with Crippen LogP contribution >= 0.6 is 0 Å². The highest BCUT2D eigenvalue weighted by atomic mass is 15.2. The van der Waals surface area contributed by atoms with Gasteiger partial charge in [-0.25, -0.2) is 0 Å². The number of hydrogen-bond donors (Lipinski definition) is 0. The first kappa shape index (κ1) is 11.3. The zero-order valence-electron chi connectivity index (χ0n) is 8.19. The zero-order valence-corrected chi connectivity index (χ0v) is 8.19. The van der Waals surface area contributed by atoms with Crippen molar-refractivity contribution >= 4 is 0 Å². The maximum Gasteiger partial charge on any atom is 0.0385 e. The fourth-order valence-corrected chi connectivity index (χ4v) is 1.17. The third kappa shape index (κ3) is 4.21. The van der Waals surface area contributed by atoms with E-state index >= 15 is 0 Å². The summed E-state index contributed by atoms with van der Waals surface area (Å²) in [4.78, 5) is 5.04. The maximum atomic E-state index is 8.09. The summed E-state index contributed by atoms with van der Waals surface area (Å²) < 4.78 is 0. The van der Waals surface area contributed by atoms with Crippen molar-refractivity contribution in [1.29, 1.82) is 0 Å². The zero-order chi connectivity index (χ0) is 9.40. The van der Waals surface area contributed by atoms with E-state index < -0.39 is 0 Å². The molecule has 0 N–H and O–H groups in total. The van der Waals surface area contributed by atoms with Crippen molar-refractivity contribution in [2.24, 2.45) is 5.11 Å². The Kier molecular flexibility index (Phi) is 6.53. The smallest absolute Gasteiger partial charge is 0.0385 e. The van der Waals surface area contributed by atoms with Gasteiger partial charge in [0, 0.05) is 24.0 Å². The SMILES string of the molecule is CCC(C)N(CC)CCN=[N+]=[N-]. The molecule has 12 heavy (non-hydrogen) atoms. The highest BCUT2D eigenvalue weighted by molar-refractivity contribution is 4.65. The fourth-order valence-electron chi connectivity index (χ4n) is 1.17. The molecule has 0 saturated carbocycles. The van der Waals surface area contributed by atoms with E-state index in [2.05, 4.69) is 35.7 Å². The van der Waals surface area contributed by atoms with E-state index in [1.807, 2.05) is 0 Å². The Hall–Kier alpha value is -0.730. The van der Waals surface area contributed by atoms with Crippen LogP contribution in [0.4, 0.5) is 0 Å². The lowest BCUT2D eigenvalue weighted by Gasteiger charge is -2.25. The van der Waals surface area contributed by atoms with Gasteiger partial charge in [-0.2, -0.15) is 0 Å². The molecule has 0 aromatic heterocycles. The average Bonchev–Trinajstić information content (AvgIpc) is 2.11. The van der Waals surface area contributed by atoms with Gasteiger partial charge in [-0.3, -0.25) is 0 Å². The van der Waals surface area contributed by atoms with Gasteiger partial charge in [0.25, 0.3) is 0 Å². The van der Waals surface area contributed by atoms with Crippen molar-refractivity contribution in [2.45, 2.75) is 33.2 Å². The molecule has 0 aliphatic rings. The summed E-state index contributed by atoms with van der Waals surface area (Å²) in [5.74, 6) is 0. The monoisotopic (exact) mass is 170 g/mol. The summed E-state index contributed by atoms with van der Waals surface area (Å²) in [6.45, 7) is 8.96. The van der Waals surface area contributed by atoms with Crippen LogP contribution in [0, 0.1) is 0 Å². The topological polar surface area (TPSA) is 52.0 Å². The standard InChI is InChI=1S/C8H18N4/c1-4-8(3)12(5-2)7-6-10-11-9/h8H,4-7H2,1-3H3. The summed E-state index contributed by atoms with van der Waals surface area (Å²) in [6.07, 6.45) is 1.14. The molecule has 70 valence electrons. The van der Waals surface area contributed by atoms with Crippen LogP contribution < -0.4 is 0 Å². The second kappa shape index (κ2) is 6.95. The van der Waals surface area contributed by atoms with Crippen molar-refractivity contribution in [2.75, 3.05) is 19.6 Å². The summed E-state index contributed by atoms with van der Waals surface area (Å²) in [6, 6.07) is 0.587. The molecule has 4 heteroatoms. The van der Waals surface area contributed by atoms with Gasteiger partial charge in [0.2, 0.25) is 0 Å². The molecule has 0 fully saturated rings. The number of nitrogens with zero attached hydrogens (tertiary/aromatic N) is 4. The van der Waals surface area contributed by atoms with E-state index in [1.165, 1.54) is 0 Å². The lowest BCUT2D eigenvalue weighted by atomic mass is 10.2. The van der Waals surface area contributed by atoms with Gasteiger partial charge in [-0.15, -0.1) is 0 Å². The molecule has 0 saturated heterocycles. The van der Waals surface area contributed by atoms with E-state index in [0.29, 0.717) is 12.6 Å². The minimum absolute atomic E-state index is 0.578. The molecule has 0 spiro atoms. The molecule has 0 rings (SSSR count). The fraction of sp³-hybridized carbons (Fsp3) is 1.00. The molecule has 0 amide bonds. The molecule has 1 atom stereocenters. The van der Waals surface area contributed by atoms with E-state index in [9.17, 15) is 0 Å². The van der Waals surface area contributed by atoms with Crippen molar-refractivity contribution in [3.05, 3.63) is 10.4 Å². The molecule has 0 aliphatic heterocycles. The van der Waals surface area contributed by atoms with E-state index in [-0.39, 0.29) is 0 Å². The normalized spacial score (nSPS) is 12.7. The van der Waals surface area contributed by atoms with Crippen LogP contribution in [0.5, 0.6) is 0 Å². The quantitative estimate of drug-likeness (QED) is 0.343. The Labute approximate surface area is 74.2 Å². The third-order valence-corrected chi connectivity index (χ3v) is 2.17. The molecule has 0 radical (unpaired) electrons. The molecule has 0 bridgehead atoms. The second-order valence-electron chi connectivity index (χ2n) is 2.84. The summed E-state index contributed by atoms with van der Waals surface area (Å²) in [7, 11) is 0. The Morgan fingerprint density at radius 3 is 2.58 bits per heavy atom. The summed E-state index contributed by atoms with van der Waals surface area (Å²) in [5.41, 5.74) is 8.09. The van der Waals surface area contributed by atoms with Crippen molar-refractivity contribution in [3.8, 4) is 0 Å². The first-order chi connectivity index (χ1) is 5.76. The van der Waals surface area contributed by atoms with E-state index in [0.717, 1.165) is 19.5 Å². The molecule has 0 aromatic rings. The largest absolute Gasteiger partial charge is 0.301 e. The van der Waals surface area contributed by atoms with Crippen molar-refractivity contribution in [1.82, 2.24) is 4.90 Å². The van der Waals surface area contributed by atoms with Gasteiger partial charge in [-0.1, -0.05) is 19.0 Å². The van der Waals surface area contributed by atoms with Crippen LogP contribution in [0.15, 0.2) is 5.11 Å². The van der Waals surface area contributed by atoms with Crippen molar-refractivity contribution < 1.29 is 0 Å². The minimum Gasteiger partial charge on any atom is -0.301 e. The predicted octanol–water partition coefficient (Wildman–Crippen LogP) is 2.42. The minimum atomic E-state index is 0.578. The highest BCUT2D eigenvalue weighted by Crippen LogP contribution is 2.01. The second-order valence-corrected chi connectivity index (χ2v) is 2.84. The van der Waals surface area contributed by atoms with Gasteiger partial charge in [0.15, 0.2) is 0 Å². The lowest BCUT2D eigenvalue weighted by molar-refractivity contribution is 0.221. The van der Waals surface area contributed by atoms with Crippen LogP contribution in [0.25, 0.3) is 10.4 Å². The Morgan fingerprint density at radius 2 is 2.17 bits per heavy atom. The van der Waals surface area contributed by atoms with Crippen LogP contribution in [-0.4, -0.2) is 30.6 Å². The third-order valence-electron chi connectivity index (χ3n) is 2.17. The molecule has 0 aliphatic carbocycles. The maximum absolute atomic E-state index is 8.09. The first-order valence-corrected chi connectivity index (χ1v) is 4.51. The average molecular weight is 170 g/mol. The Bertz CT molecular complexity index is 151. The molecule has 0 heterocycles. The van der Waals surface area contributed by atoms with Crippen LogP contribution in [0.3, 0.4) is 0 Å². The summed E-state index contributed by atoms with van der Waals surface area (Å²) >= 11 is 0. The van der Waals surface area contributed by atoms with E-state index in [1.54, 1.807) is 0 Å². The van der Waals surface area contributed by atoms with Crippen LogP contribution in [-0.2, 0) is 0 Å². The number of hydrogen-bond acceptors (Lipinski definition) is 2. The molecule has 0 aromatic carbocycles. The first-order valence-electron chi connectivity index (χ1n) is 4.51. The number of likely N-dealkylation sites (N-methyl/N-ethyl adjacent to an activating group) is 1. The van der Waals surface area contributed by atoms with Gasteiger partial charge in [-0.05, 0) is 25.4 Å². The molecule has 4 nitrogen and oxygen atoms in total. The van der Waals surface area contributed by atoms with Gasteiger partial charge in [0.1, 0.15) is 0 Å². The highest BCUT2D eigenvalue weighted by Gasteiger charge is 2.07. The Balaban J connectivity index is 3.73. The van der Waals surface area contributed by atoms with Crippen LogP contribution in [0.1, 0.15) is 27.2 Å².